The van der Waals surface area contributed by atoms with E-state index in [-0.39, 0.29) is 65.0 Å². The fraction of sp³-hybridized carbons (Fsp3) is 0.462. The Kier molecular flexibility index (Phi) is 9.17. The van der Waals surface area contributed by atoms with Crippen LogP contribution < -0.4 is 19.5 Å². The average molecular weight is 552 g/mol. The van der Waals surface area contributed by atoms with Crippen molar-refractivity contribution < 1.29 is 23.4 Å². The van der Waals surface area contributed by atoms with Crippen LogP contribution in [0.2, 0.25) is 0 Å². The van der Waals surface area contributed by atoms with Crippen molar-refractivity contribution in [2.75, 3.05) is 39.2 Å². The minimum atomic E-state index is -0.625. The first-order valence-corrected chi connectivity index (χ1v) is 11.5. The topological polar surface area (TPSA) is 83.9 Å². The fourth-order valence-corrected chi connectivity index (χ4v) is 4.18. The van der Waals surface area contributed by atoms with E-state index < -0.39 is 5.82 Å². The number of halogens is 2. The molecule has 0 aliphatic carbocycles. The number of nitrogens with one attached hydrogen (secondary N) is 2. The Morgan fingerprint density at radius 3 is 2.34 bits per heavy atom. The van der Waals surface area contributed by atoms with E-state index in [1.807, 2.05) is 13.0 Å². The minimum Gasteiger partial charge on any atom is -0.494 e. The monoisotopic (exact) mass is 551 g/mol. The van der Waals surface area contributed by atoms with Gasteiger partial charge in [0.15, 0.2) is 23.1 Å². The Labute approximate surface area is 217 Å². The summed E-state index contributed by atoms with van der Waals surface area (Å²) < 4.78 is 32.0. The molecule has 1 aliphatic heterocycles. The molecule has 0 saturated carbocycles. The highest BCUT2D eigenvalue weighted by Crippen LogP contribution is 2.40. The summed E-state index contributed by atoms with van der Waals surface area (Å²) in [6.07, 6.45) is 0. The van der Waals surface area contributed by atoms with Gasteiger partial charge in [0.05, 0.1) is 38.1 Å². The highest BCUT2D eigenvalue weighted by atomic mass is 79.9. The second-order valence-electron chi connectivity index (χ2n) is 9.15. The number of anilines is 1. The van der Waals surface area contributed by atoms with Gasteiger partial charge in [0, 0.05) is 24.7 Å². The Bertz CT molecular complexity index is 1110. The molecular formula is C26H35BrFN3O4. The molecule has 0 aromatic heterocycles. The highest BCUT2D eigenvalue weighted by Gasteiger charge is 2.33. The normalized spacial score (nSPS) is 12.7. The number of ketones is 1. The van der Waals surface area contributed by atoms with E-state index in [2.05, 4.69) is 26.1 Å². The number of amidine groups is 1. The van der Waals surface area contributed by atoms with Crippen LogP contribution in [0.4, 0.5) is 10.1 Å². The molecule has 9 heteroatoms. The smallest absolute Gasteiger partial charge is 0.197 e. The second kappa shape index (κ2) is 11.3. The van der Waals surface area contributed by atoms with Gasteiger partial charge in [-0.05, 0) is 43.0 Å². The molecule has 0 amide bonds. The van der Waals surface area contributed by atoms with Crippen LogP contribution in [-0.2, 0) is 12.0 Å². The van der Waals surface area contributed by atoms with Crippen molar-refractivity contribution in [3.05, 3.63) is 46.3 Å². The number of benzene rings is 2. The zero-order chi connectivity index (χ0) is 25.2. The lowest BCUT2D eigenvalue weighted by atomic mass is 9.84. The summed E-state index contributed by atoms with van der Waals surface area (Å²) in [6, 6.07) is 5.30. The number of hydrogen-bond acceptors (Lipinski definition) is 6. The van der Waals surface area contributed by atoms with Crippen molar-refractivity contribution >= 4 is 34.3 Å². The molecule has 0 radical (unpaired) electrons. The SMILES string of the molecule is Br.CCOc1cc2c(c(F)c1OCC)C(=N)N(CC(=O)c1cc(NC)c(OC)c(C(C)(C)C)c1)C2. The molecule has 1 aliphatic rings. The van der Waals surface area contributed by atoms with E-state index in [9.17, 15) is 4.79 Å². The van der Waals surface area contributed by atoms with Crippen molar-refractivity contribution in [1.29, 1.82) is 5.41 Å². The van der Waals surface area contributed by atoms with Crippen LogP contribution in [0.5, 0.6) is 17.2 Å². The zero-order valence-corrected chi connectivity index (χ0v) is 23.1. The van der Waals surface area contributed by atoms with E-state index in [4.69, 9.17) is 19.6 Å². The van der Waals surface area contributed by atoms with Gasteiger partial charge in [0.2, 0.25) is 0 Å². The van der Waals surface area contributed by atoms with Gasteiger partial charge in [-0.15, -0.1) is 17.0 Å². The van der Waals surface area contributed by atoms with Gasteiger partial charge in [0.1, 0.15) is 11.6 Å². The molecule has 35 heavy (non-hydrogen) atoms. The van der Waals surface area contributed by atoms with Crippen molar-refractivity contribution in [2.24, 2.45) is 0 Å². The Morgan fingerprint density at radius 1 is 1.14 bits per heavy atom. The molecule has 192 valence electrons. The van der Waals surface area contributed by atoms with Gasteiger partial charge >= 0.3 is 0 Å². The maximum Gasteiger partial charge on any atom is 0.197 e. The molecule has 1 heterocycles. The van der Waals surface area contributed by atoms with Crippen LogP contribution in [0.1, 0.15) is 61.7 Å². The molecule has 0 unspecified atom stereocenters. The third-order valence-electron chi connectivity index (χ3n) is 5.80. The third-order valence-corrected chi connectivity index (χ3v) is 5.80. The van der Waals surface area contributed by atoms with E-state index in [1.54, 1.807) is 38.1 Å². The van der Waals surface area contributed by atoms with Crippen LogP contribution in [0, 0.1) is 11.2 Å². The quantitative estimate of drug-likeness (QED) is 0.396. The molecule has 0 saturated heterocycles. The number of carbonyl (C=O) groups is 1. The number of ether oxygens (including phenoxy) is 3. The van der Waals surface area contributed by atoms with Crippen molar-refractivity contribution in [2.45, 2.75) is 46.6 Å². The zero-order valence-electron chi connectivity index (χ0n) is 21.4. The van der Waals surface area contributed by atoms with Crippen molar-refractivity contribution in [1.82, 2.24) is 4.90 Å². The molecule has 0 bridgehead atoms. The molecule has 7 nitrogen and oxygen atoms in total. The molecule has 2 aromatic rings. The molecule has 0 spiro atoms. The van der Waals surface area contributed by atoms with Gasteiger partial charge in [-0.1, -0.05) is 20.8 Å². The van der Waals surface area contributed by atoms with Crippen LogP contribution >= 0.6 is 17.0 Å². The molecule has 0 atom stereocenters. The summed E-state index contributed by atoms with van der Waals surface area (Å²) >= 11 is 0. The summed E-state index contributed by atoms with van der Waals surface area (Å²) in [5.41, 5.74) is 2.62. The predicted molar refractivity (Wildman–Crippen MR) is 142 cm³/mol. The Hall–Kier alpha value is -2.81. The van der Waals surface area contributed by atoms with Crippen LogP contribution in [0.15, 0.2) is 18.2 Å². The molecule has 0 fully saturated rings. The largest absolute Gasteiger partial charge is 0.494 e. The van der Waals surface area contributed by atoms with Gasteiger partial charge in [-0.3, -0.25) is 10.2 Å². The number of methoxy groups -OCH3 is 1. The van der Waals surface area contributed by atoms with E-state index in [0.717, 1.165) is 5.56 Å². The fourth-order valence-electron chi connectivity index (χ4n) is 4.18. The number of fused-ring (bicyclic) bond motifs is 1. The van der Waals surface area contributed by atoms with Gasteiger partial charge in [-0.2, -0.15) is 0 Å². The maximum absolute atomic E-state index is 15.3. The lowest BCUT2D eigenvalue weighted by molar-refractivity contribution is 0.0962. The molecular weight excluding hydrogens is 517 g/mol. The first kappa shape index (κ1) is 28.4. The first-order chi connectivity index (χ1) is 16.1. The summed E-state index contributed by atoms with van der Waals surface area (Å²) in [4.78, 5) is 14.9. The Morgan fingerprint density at radius 2 is 1.80 bits per heavy atom. The van der Waals surface area contributed by atoms with Crippen LogP contribution in [0.25, 0.3) is 0 Å². The summed E-state index contributed by atoms with van der Waals surface area (Å²) in [7, 11) is 3.39. The second-order valence-corrected chi connectivity index (χ2v) is 9.15. The number of Topliss-reactive ketones (excluding diaryl/α,β-unsaturated/α-hetero) is 1. The van der Waals surface area contributed by atoms with Gasteiger partial charge in [0.25, 0.3) is 0 Å². The lowest BCUT2D eigenvalue weighted by Crippen LogP contribution is -2.30. The predicted octanol–water partition coefficient (Wildman–Crippen LogP) is 5.57. The lowest BCUT2D eigenvalue weighted by Gasteiger charge is -2.25. The number of carbonyl (C=O) groups excluding carboxylic acids is 1. The molecule has 2 aromatic carbocycles. The molecule has 3 rings (SSSR count). The number of hydrogen-bond donors (Lipinski definition) is 2. The van der Waals surface area contributed by atoms with Gasteiger partial charge < -0.3 is 24.4 Å². The van der Waals surface area contributed by atoms with E-state index in [1.165, 1.54) is 0 Å². The highest BCUT2D eigenvalue weighted by molar-refractivity contribution is 8.93. The summed E-state index contributed by atoms with van der Waals surface area (Å²) in [5.74, 6) is 0.178. The standard InChI is InChI=1S/C26H34FN3O4.BrH/c1-8-33-20-12-16-13-30(25(28)21(16)22(27)24(20)34-9-2)14-19(31)15-10-17(26(3,4)5)23(32-7)18(11-15)29-6;/h10-12,28-29H,8-9,13-14H2,1-7H3;1H. The molecule has 2 N–H and O–H groups in total. The summed E-state index contributed by atoms with van der Waals surface area (Å²) in [6.45, 7) is 10.6. The van der Waals surface area contributed by atoms with Crippen LogP contribution in [-0.4, -0.2) is 50.4 Å². The van der Waals surface area contributed by atoms with Crippen molar-refractivity contribution in [3.63, 3.8) is 0 Å². The van der Waals surface area contributed by atoms with E-state index in [0.29, 0.717) is 34.9 Å². The summed E-state index contributed by atoms with van der Waals surface area (Å²) in [5, 5.41) is 11.7. The maximum atomic E-state index is 15.3. The minimum absolute atomic E-state index is 0. The van der Waals surface area contributed by atoms with E-state index >= 15 is 4.39 Å². The number of rotatable bonds is 9. The Balaban J connectivity index is 0.00000432. The van der Waals surface area contributed by atoms with Crippen LogP contribution in [0.3, 0.4) is 0 Å². The van der Waals surface area contributed by atoms with Gasteiger partial charge in [-0.25, -0.2) is 4.39 Å². The first-order valence-electron chi connectivity index (χ1n) is 11.5. The van der Waals surface area contributed by atoms with Crippen molar-refractivity contribution in [3.8, 4) is 17.2 Å². The number of nitrogens with zero attached hydrogens (tertiary/aromatic N) is 1. The average Bonchev–Trinajstić information content (AvgIpc) is 3.09. The third kappa shape index (κ3) is 5.55.